The SMILES string of the molecule is CC(=C=O)C1C2CC3CC(C2)CC1C3. The Morgan fingerprint density at radius 1 is 1.00 bits per heavy atom. The van der Waals surface area contributed by atoms with E-state index in [0.717, 1.165) is 29.2 Å². The van der Waals surface area contributed by atoms with E-state index in [1.54, 1.807) is 0 Å². The molecule has 0 radical (unpaired) electrons. The monoisotopic (exact) mass is 190 g/mol. The molecule has 1 heteroatoms. The molecule has 0 saturated heterocycles. The second-order valence-electron chi connectivity index (χ2n) is 5.74. The van der Waals surface area contributed by atoms with Crippen LogP contribution in [0.25, 0.3) is 0 Å². The lowest BCUT2D eigenvalue weighted by molar-refractivity contribution is -0.0202. The first-order valence-corrected chi connectivity index (χ1v) is 5.99. The van der Waals surface area contributed by atoms with Gasteiger partial charge in [-0.25, -0.2) is 4.79 Å². The van der Waals surface area contributed by atoms with E-state index >= 15 is 0 Å². The average molecular weight is 190 g/mol. The van der Waals surface area contributed by atoms with Crippen molar-refractivity contribution in [3.8, 4) is 0 Å². The molecule has 0 aliphatic heterocycles. The summed E-state index contributed by atoms with van der Waals surface area (Å²) in [6, 6.07) is 0. The second kappa shape index (κ2) is 2.97. The first kappa shape index (κ1) is 8.73. The van der Waals surface area contributed by atoms with Crippen LogP contribution in [0.4, 0.5) is 0 Å². The molecule has 4 aliphatic rings. The third kappa shape index (κ3) is 1.12. The first-order chi connectivity index (χ1) is 6.78. The van der Waals surface area contributed by atoms with Crippen molar-refractivity contribution >= 4 is 5.94 Å². The van der Waals surface area contributed by atoms with E-state index in [2.05, 4.69) is 5.94 Å². The minimum Gasteiger partial charge on any atom is -0.234 e. The molecule has 4 bridgehead atoms. The van der Waals surface area contributed by atoms with E-state index in [0.29, 0.717) is 5.92 Å². The molecule has 0 aromatic rings. The molecule has 4 fully saturated rings. The van der Waals surface area contributed by atoms with Crippen molar-refractivity contribution < 1.29 is 4.79 Å². The summed E-state index contributed by atoms with van der Waals surface area (Å²) < 4.78 is 0. The molecule has 0 N–H and O–H groups in total. The van der Waals surface area contributed by atoms with Gasteiger partial charge in [0.1, 0.15) is 5.94 Å². The maximum Gasteiger partial charge on any atom is 0.123 e. The van der Waals surface area contributed by atoms with Gasteiger partial charge in [-0.3, -0.25) is 0 Å². The van der Waals surface area contributed by atoms with E-state index in [9.17, 15) is 4.79 Å². The Kier molecular flexibility index (Phi) is 1.85. The fourth-order valence-electron chi connectivity index (χ4n) is 4.70. The molecule has 0 aromatic carbocycles. The zero-order valence-corrected chi connectivity index (χ0v) is 8.83. The highest BCUT2D eigenvalue weighted by atomic mass is 16.1. The van der Waals surface area contributed by atoms with Crippen LogP contribution in [0.5, 0.6) is 0 Å². The summed E-state index contributed by atoms with van der Waals surface area (Å²) in [5.74, 6) is 6.47. The summed E-state index contributed by atoms with van der Waals surface area (Å²) in [5, 5.41) is 0. The standard InChI is InChI=1S/C13H18O/c1-8(7-14)13-11-3-9-2-10(5-11)6-12(13)4-9/h9-13H,2-6H2,1H3. The Hall–Kier alpha value is -0.550. The van der Waals surface area contributed by atoms with Gasteiger partial charge in [0.05, 0.1) is 0 Å². The lowest BCUT2D eigenvalue weighted by Crippen LogP contribution is -2.45. The number of rotatable bonds is 1. The largest absolute Gasteiger partial charge is 0.234 e. The van der Waals surface area contributed by atoms with Crippen LogP contribution in [-0.2, 0) is 4.79 Å². The third-order valence-corrected chi connectivity index (χ3v) is 4.89. The topological polar surface area (TPSA) is 17.1 Å². The van der Waals surface area contributed by atoms with Crippen molar-refractivity contribution in [2.75, 3.05) is 0 Å². The number of carbonyl (C=O) groups excluding carboxylic acids is 1. The molecule has 76 valence electrons. The van der Waals surface area contributed by atoms with E-state index in [4.69, 9.17) is 0 Å². The maximum atomic E-state index is 10.8. The van der Waals surface area contributed by atoms with Crippen LogP contribution in [-0.4, -0.2) is 5.94 Å². The Balaban J connectivity index is 1.91. The van der Waals surface area contributed by atoms with Crippen LogP contribution >= 0.6 is 0 Å². The van der Waals surface area contributed by atoms with Gasteiger partial charge in [-0.15, -0.1) is 0 Å². The van der Waals surface area contributed by atoms with E-state index in [-0.39, 0.29) is 0 Å². The fraction of sp³-hybridized carbons (Fsp3) is 0.846. The van der Waals surface area contributed by atoms with Gasteiger partial charge in [0.25, 0.3) is 0 Å². The lowest BCUT2D eigenvalue weighted by atomic mass is 9.51. The summed E-state index contributed by atoms with van der Waals surface area (Å²) in [4.78, 5) is 10.8. The molecule has 0 unspecified atom stereocenters. The third-order valence-electron chi connectivity index (χ3n) is 4.89. The molecule has 14 heavy (non-hydrogen) atoms. The fourth-order valence-corrected chi connectivity index (χ4v) is 4.70. The highest BCUT2D eigenvalue weighted by Crippen LogP contribution is 2.57. The Morgan fingerprint density at radius 2 is 1.50 bits per heavy atom. The summed E-state index contributed by atoms with van der Waals surface area (Å²) in [6.07, 6.45) is 7.09. The van der Waals surface area contributed by atoms with Crippen molar-refractivity contribution in [1.29, 1.82) is 0 Å². The molecule has 4 saturated carbocycles. The molecule has 4 aliphatic carbocycles. The molecular formula is C13H18O. The molecule has 0 amide bonds. The van der Waals surface area contributed by atoms with E-state index < -0.39 is 0 Å². The Labute approximate surface area is 85.6 Å². The molecule has 0 heterocycles. The van der Waals surface area contributed by atoms with Gasteiger partial charge in [-0.05, 0) is 68.6 Å². The Bertz CT molecular complexity index is 270. The van der Waals surface area contributed by atoms with Crippen LogP contribution in [0.3, 0.4) is 0 Å². The zero-order chi connectivity index (χ0) is 9.71. The summed E-state index contributed by atoms with van der Waals surface area (Å²) in [6.45, 7) is 2.00. The predicted octanol–water partition coefficient (Wildman–Crippen LogP) is 2.84. The number of hydrogen-bond acceptors (Lipinski definition) is 1. The van der Waals surface area contributed by atoms with Crippen LogP contribution in [0.2, 0.25) is 0 Å². The van der Waals surface area contributed by atoms with Crippen LogP contribution < -0.4 is 0 Å². The smallest absolute Gasteiger partial charge is 0.123 e. The molecule has 0 atom stereocenters. The van der Waals surface area contributed by atoms with Gasteiger partial charge in [0.15, 0.2) is 0 Å². The zero-order valence-electron chi connectivity index (χ0n) is 8.83. The van der Waals surface area contributed by atoms with Crippen molar-refractivity contribution in [2.24, 2.45) is 29.6 Å². The minimum atomic E-state index is 0.611. The van der Waals surface area contributed by atoms with Gasteiger partial charge in [-0.2, -0.15) is 0 Å². The van der Waals surface area contributed by atoms with Crippen LogP contribution in [0.1, 0.15) is 39.0 Å². The summed E-state index contributed by atoms with van der Waals surface area (Å²) in [5.41, 5.74) is 1.01. The molecule has 0 spiro atoms. The summed E-state index contributed by atoms with van der Waals surface area (Å²) in [7, 11) is 0. The van der Waals surface area contributed by atoms with Crippen LogP contribution in [0, 0.1) is 29.6 Å². The molecular weight excluding hydrogens is 172 g/mol. The van der Waals surface area contributed by atoms with Gasteiger partial charge in [0, 0.05) is 5.57 Å². The minimum absolute atomic E-state index is 0.611. The summed E-state index contributed by atoms with van der Waals surface area (Å²) >= 11 is 0. The number of hydrogen-bond donors (Lipinski definition) is 0. The second-order valence-corrected chi connectivity index (χ2v) is 5.74. The van der Waals surface area contributed by atoms with Crippen molar-refractivity contribution in [1.82, 2.24) is 0 Å². The lowest BCUT2D eigenvalue weighted by Gasteiger charge is -2.54. The molecule has 1 nitrogen and oxygen atoms in total. The van der Waals surface area contributed by atoms with Gasteiger partial charge in [-0.1, -0.05) is 0 Å². The maximum absolute atomic E-state index is 10.8. The highest BCUT2D eigenvalue weighted by molar-refractivity contribution is 5.52. The van der Waals surface area contributed by atoms with E-state index in [1.807, 2.05) is 6.92 Å². The average Bonchev–Trinajstić information content (AvgIpc) is 2.15. The first-order valence-electron chi connectivity index (χ1n) is 5.99. The number of allylic oxidation sites excluding steroid dienone is 1. The predicted molar refractivity (Wildman–Crippen MR) is 55.4 cm³/mol. The highest BCUT2D eigenvalue weighted by Gasteiger charge is 2.48. The van der Waals surface area contributed by atoms with Gasteiger partial charge < -0.3 is 0 Å². The van der Waals surface area contributed by atoms with Crippen LogP contribution in [0.15, 0.2) is 5.57 Å². The van der Waals surface area contributed by atoms with E-state index in [1.165, 1.54) is 32.1 Å². The molecule has 4 rings (SSSR count). The normalized spacial score (nSPS) is 49.1. The van der Waals surface area contributed by atoms with Crippen molar-refractivity contribution in [3.05, 3.63) is 5.57 Å². The quantitative estimate of drug-likeness (QED) is 0.581. The van der Waals surface area contributed by atoms with Crippen molar-refractivity contribution in [2.45, 2.75) is 39.0 Å². The van der Waals surface area contributed by atoms with Gasteiger partial charge in [0.2, 0.25) is 0 Å². The van der Waals surface area contributed by atoms with Crippen molar-refractivity contribution in [3.63, 3.8) is 0 Å². The molecule has 0 aromatic heterocycles. The Morgan fingerprint density at radius 3 is 1.93 bits per heavy atom. The van der Waals surface area contributed by atoms with Gasteiger partial charge >= 0.3 is 0 Å².